The summed E-state index contributed by atoms with van der Waals surface area (Å²) in [5.41, 5.74) is 9.57. The Bertz CT molecular complexity index is 884. The summed E-state index contributed by atoms with van der Waals surface area (Å²) in [5, 5.41) is 11.0. The zero-order valence-corrected chi connectivity index (χ0v) is 14.6. The molecule has 0 aliphatic carbocycles. The number of hydrogen-bond donors (Lipinski definition) is 2. The SMILES string of the molecule is COc1cccc(CNn2nnnc2N)c1OCc1c(F)cccc1Cl. The van der Waals surface area contributed by atoms with Crippen molar-refractivity contribution in [3.8, 4) is 11.5 Å². The highest BCUT2D eigenvalue weighted by molar-refractivity contribution is 6.31. The van der Waals surface area contributed by atoms with Gasteiger partial charge in [-0.15, -0.1) is 4.79 Å². The molecule has 0 atom stereocenters. The van der Waals surface area contributed by atoms with Gasteiger partial charge in [0.15, 0.2) is 11.5 Å². The standard InChI is InChI=1S/C16H16ClFN6O2/c1-25-14-7-2-4-10(8-20-24-16(19)21-22-23-24)15(14)26-9-11-12(17)5-3-6-13(11)18/h2-7,20H,8-9H2,1H3,(H2,19,21,23). The number of nitrogens with one attached hydrogen (secondary N) is 1. The van der Waals surface area contributed by atoms with Crippen LogP contribution in [0.1, 0.15) is 11.1 Å². The van der Waals surface area contributed by atoms with Gasteiger partial charge in [-0.25, -0.2) is 4.39 Å². The molecular formula is C16H16ClFN6O2. The first kappa shape index (κ1) is 17.7. The summed E-state index contributed by atoms with van der Waals surface area (Å²) < 4.78 is 25.1. The summed E-state index contributed by atoms with van der Waals surface area (Å²) in [6.07, 6.45) is 0. The Morgan fingerprint density at radius 1 is 1.27 bits per heavy atom. The van der Waals surface area contributed by atoms with Crippen molar-refractivity contribution in [2.24, 2.45) is 0 Å². The summed E-state index contributed by atoms with van der Waals surface area (Å²) in [5.74, 6) is 0.636. The van der Waals surface area contributed by atoms with Crippen LogP contribution in [0, 0.1) is 5.82 Å². The normalized spacial score (nSPS) is 10.6. The van der Waals surface area contributed by atoms with Crippen molar-refractivity contribution in [2.45, 2.75) is 13.2 Å². The monoisotopic (exact) mass is 378 g/mol. The zero-order valence-electron chi connectivity index (χ0n) is 13.8. The number of halogens is 2. The summed E-state index contributed by atoms with van der Waals surface area (Å²) in [7, 11) is 1.52. The number of tetrazole rings is 1. The zero-order chi connectivity index (χ0) is 18.5. The van der Waals surface area contributed by atoms with Crippen LogP contribution in [0.4, 0.5) is 10.3 Å². The number of benzene rings is 2. The minimum atomic E-state index is -0.437. The first-order chi connectivity index (χ1) is 12.6. The first-order valence-electron chi connectivity index (χ1n) is 7.59. The number of methoxy groups -OCH3 is 1. The lowest BCUT2D eigenvalue weighted by Crippen LogP contribution is -2.19. The number of anilines is 1. The van der Waals surface area contributed by atoms with Crippen LogP contribution in [0.5, 0.6) is 11.5 Å². The second kappa shape index (κ2) is 7.87. The van der Waals surface area contributed by atoms with Crippen LogP contribution in [0.3, 0.4) is 0 Å². The molecule has 136 valence electrons. The Labute approximate surface area is 153 Å². The Morgan fingerprint density at radius 3 is 2.77 bits per heavy atom. The summed E-state index contributed by atoms with van der Waals surface area (Å²) in [6.45, 7) is 0.249. The van der Waals surface area contributed by atoms with E-state index in [9.17, 15) is 4.39 Å². The second-order valence-electron chi connectivity index (χ2n) is 5.22. The van der Waals surface area contributed by atoms with Gasteiger partial charge in [0.05, 0.1) is 18.7 Å². The van der Waals surface area contributed by atoms with E-state index in [1.807, 2.05) is 12.1 Å². The van der Waals surface area contributed by atoms with Gasteiger partial charge in [0.25, 0.3) is 5.95 Å². The van der Waals surface area contributed by atoms with E-state index in [0.29, 0.717) is 23.1 Å². The molecule has 0 saturated heterocycles. The molecular weight excluding hydrogens is 363 g/mol. The van der Waals surface area contributed by atoms with E-state index in [1.54, 1.807) is 12.1 Å². The van der Waals surface area contributed by atoms with Crippen LogP contribution < -0.4 is 20.6 Å². The number of ether oxygens (including phenoxy) is 2. The predicted molar refractivity (Wildman–Crippen MR) is 94.0 cm³/mol. The summed E-state index contributed by atoms with van der Waals surface area (Å²) in [6, 6.07) is 9.85. The van der Waals surface area contributed by atoms with Gasteiger partial charge >= 0.3 is 0 Å². The van der Waals surface area contributed by atoms with Crippen molar-refractivity contribution in [3.63, 3.8) is 0 Å². The third-order valence-electron chi connectivity index (χ3n) is 3.62. The predicted octanol–water partition coefficient (Wildman–Crippen LogP) is 2.38. The maximum absolute atomic E-state index is 14.0. The van der Waals surface area contributed by atoms with Crippen molar-refractivity contribution >= 4 is 17.5 Å². The van der Waals surface area contributed by atoms with Gasteiger partial charge in [-0.3, -0.25) is 0 Å². The van der Waals surface area contributed by atoms with Gasteiger partial charge in [-0.1, -0.05) is 34.9 Å². The van der Waals surface area contributed by atoms with Gasteiger partial charge in [0, 0.05) is 11.1 Å². The van der Waals surface area contributed by atoms with Crippen molar-refractivity contribution in [3.05, 3.63) is 58.4 Å². The average Bonchev–Trinajstić information content (AvgIpc) is 3.04. The minimum absolute atomic E-state index is 0.0497. The number of nitrogens with zero attached hydrogens (tertiary/aromatic N) is 4. The average molecular weight is 379 g/mol. The molecule has 0 aliphatic rings. The number of nitrogens with two attached hydrogens (primary N) is 1. The van der Waals surface area contributed by atoms with Crippen molar-refractivity contribution < 1.29 is 13.9 Å². The molecule has 0 amide bonds. The topological polar surface area (TPSA) is 100 Å². The summed E-state index contributed by atoms with van der Waals surface area (Å²) in [4.78, 5) is 1.23. The molecule has 0 unspecified atom stereocenters. The number of rotatable bonds is 7. The van der Waals surface area contributed by atoms with Crippen LogP contribution in [-0.4, -0.2) is 27.4 Å². The van der Waals surface area contributed by atoms with E-state index < -0.39 is 5.82 Å². The van der Waals surface area contributed by atoms with E-state index in [2.05, 4.69) is 21.0 Å². The quantitative estimate of drug-likeness (QED) is 0.651. The highest BCUT2D eigenvalue weighted by Gasteiger charge is 2.14. The molecule has 0 saturated carbocycles. The van der Waals surface area contributed by atoms with Crippen LogP contribution in [0.2, 0.25) is 5.02 Å². The molecule has 0 fully saturated rings. The third kappa shape index (κ3) is 3.77. The van der Waals surface area contributed by atoms with Gasteiger partial charge < -0.3 is 20.6 Å². The van der Waals surface area contributed by atoms with Gasteiger partial charge in [-0.05, 0) is 28.6 Å². The van der Waals surface area contributed by atoms with Gasteiger partial charge in [-0.2, -0.15) is 0 Å². The summed E-state index contributed by atoms with van der Waals surface area (Å²) >= 11 is 6.05. The highest BCUT2D eigenvalue weighted by Crippen LogP contribution is 2.33. The molecule has 3 aromatic rings. The Balaban J connectivity index is 1.82. The maximum Gasteiger partial charge on any atom is 0.260 e. The van der Waals surface area contributed by atoms with E-state index in [-0.39, 0.29) is 18.1 Å². The fraction of sp³-hybridized carbons (Fsp3) is 0.188. The molecule has 3 N–H and O–H groups in total. The molecule has 0 bridgehead atoms. The maximum atomic E-state index is 14.0. The fourth-order valence-electron chi connectivity index (χ4n) is 2.31. The van der Waals surface area contributed by atoms with Gasteiger partial charge in [0.1, 0.15) is 12.4 Å². The lowest BCUT2D eigenvalue weighted by Gasteiger charge is -2.16. The first-order valence-corrected chi connectivity index (χ1v) is 7.97. The molecule has 0 radical (unpaired) electrons. The minimum Gasteiger partial charge on any atom is -0.493 e. The number of hydrogen-bond acceptors (Lipinski definition) is 7. The van der Waals surface area contributed by atoms with Crippen LogP contribution in [0.25, 0.3) is 0 Å². The smallest absolute Gasteiger partial charge is 0.260 e. The second-order valence-corrected chi connectivity index (χ2v) is 5.63. The lowest BCUT2D eigenvalue weighted by atomic mass is 10.1. The highest BCUT2D eigenvalue weighted by atomic mass is 35.5. The van der Waals surface area contributed by atoms with E-state index in [0.717, 1.165) is 5.56 Å². The fourth-order valence-corrected chi connectivity index (χ4v) is 2.52. The van der Waals surface area contributed by atoms with Crippen molar-refractivity contribution in [2.75, 3.05) is 18.3 Å². The largest absolute Gasteiger partial charge is 0.493 e. The molecule has 26 heavy (non-hydrogen) atoms. The van der Waals surface area contributed by atoms with Crippen molar-refractivity contribution in [1.82, 2.24) is 20.3 Å². The number of nitrogen functional groups attached to an aromatic ring is 1. The van der Waals surface area contributed by atoms with Gasteiger partial charge in [0.2, 0.25) is 0 Å². The molecule has 2 aromatic carbocycles. The molecule has 0 aliphatic heterocycles. The molecule has 1 aromatic heterocycles. The molecule has 10 heteroatoms. The Hall–Kier alpha value is -3.07. The molecule has 3 rings (SSSR count). The molecule has 0 spiro atoms. The van der Waals surface area contributed by atoms with Crippen LogP contribution in [-0.2, 0) is 13.2 Å². The van der Waals surface area contributed by atoms with Crippen LogP contribution in [0.15, 0.2) is 36.4 Å². The number of para-hydroxylation sites is 1. The molecule has 1 heterocycles. The number of aromatic nitrogens is 4. The van der Waals surface area contributed by atoms with Crippen molar-refractivity contribution in [1.29, 1.82) is 0 Å². The lowest BCUT2D eigenvalue weighted by molar-refractivity contribution is 0.277. The van der Waals surface area contributed by atoms with E-state index >= 15 is 0 Å². The van der Waals surface area contributed by atoms with E-state index in [4.69, 9.17) is 26.8 Å². The Kier molecular flexibility index (Phi) is 5.37. The molecule has 8 nitrogen and oxygen atoms in total. The Morgan fingerprint density at radius 2 is 2.08 bits per heavy atom. The third-order valence-corrected chi connectivity index (χ3v) is 3.97. The van der Waals surface area contributed by atoms with E-state index in [1.165, 1.54) is 24.0 Å². The van der Waals surface area contributed by atoms with Crippen LogP contribution >= 0.6 is 11.6 Å².